The third-order valence-electron chi connectivity index (χ3n) is 1.83. The van der Waals surface area contributed by atoms with Crippen molar-refractivity contribution in [1.82, 2.24) is 0 Å². The van der Waals surface area contributed by atoms with Crippen LogP contribution in [-0.2, 0) is 0 Å². The first kappa shape index (κ1) is 12.5. The van der Waals surface area contributed by atoms with E-state index < -0.39 is 0 Å². The monoisotopic (exact) mass is 288 g/mol. The number of rotatable bonds is 4. The van der Waals surface area contributed by atoms with E-state index in [-0.39, 0.29) is 17.7 Å². The number of nitrogens with two attached hydrogens (primary N) is 1. The number of thioether (sulfide) groups is 1. The van der Waals surface area contributed by atoms with Crippen LogP contribution in [0.3, 0.4) is 0 Å². The molecule has 4 N–H and O–H groups in total. The number of hydrogen-bond donors (Lipinski definition) is 3. The van der Waals surface area contributed by atoms with Crippen LogP contribution in [0.5, 0.6) is 0 Å². The number of benzene rings is 1. The summed E-state index contributed by atoms with van der Waals surface area (Å²) in [5.74, 6) is 0.0578. The summed E-state index contributed by atoms with van der Waals surface area (Å²) in [5, 5.41) is 16.4. The molecule has 82 valence electrons. The maximum absolute atomic E-state index is 8.94. The summed E-state index contributed by atoms with van der Waals surface area (Å²) in [4.78, 5) is 1.04. The van der Waals surface area contributed by atoms with Gasteiger partial charge in [-0.2, -0.15) is 0 Å². The van der Waals surface area contributed by atoms with Crippen molar-refractivity contribution in [3.8, 4) is 0 Å². The largest absolute Gasteiger partial charge is 0.395 e. The van der Waals surface area contributed by atoms with Gasteiger partial charge < -0.3 is 10.8 Å². The molecule has 1 rings (SSSR count). The molecule has 1 aromatic carbocycles. The van der Waals surface area contributed by atoms with Crippen LogP contribution in [0.1, 0.15) is 12.5 Å². The van der Waals surface area contributed by atoms with Crippen LogP contribution in [0.2, 0.25) is 0 Å². The summed E-state index contributed by atoms with van der Waals surface area (Å²) in [5.41, 5.74) is 6.07. The van der Waals surface area contributed by atoms with E-state index in [1.165, 1.54) is 0 Å². The van der Waals surface area contributed by atoms with Gasteiger partial charge in [0.1, 0.15) is 5.84 Å². The summed E-state index contributed by atoms with van der Waals surface area (Å²) in [6.45, 7) is 2.10. The van der Waals surface area contributed by atoms with E-state index in [0.717, 1.165) is 9.37 Å². The number of amidine groups is 1. The van der Waals surface area contributed by atoms with Crippen molar-refractivity contribution in [3.63, 3.8) is 0 Å². The van der Waals surface area contributed by atoms with Gasteiger partial charge >= 0.3 is 0 Å². The van der Waals surface area contributed by atoms with Crippen LogP contribution in [0.25, 0.3) is 0 Å². The van der Waals surface area contributed by atoms with Gasteiger partial charge in [-0.1, -0.05) is 13.0 Å². The molecule has 0 amide bonds. The molecule has 0 saturated heterocycles. The van der Waals surface area contributed by atoms with Gasteiger partial charge in [-0.25, -0.2) is 0 Å². The predicted molar refractivity (Wildman–Crippen MR) is 67.6 cm³/mol. The van der Waals surface area contributed by atoms with Gasteiger partial charge in [-0.15, -0.1) is 11.8 Å². The molecule has 0 radical (unpaired) electrons. The lowest BCUT2D eigenvalue weighted by Gasteiger charge is -2.10. The standard InChI is InChI=1S/C10H13BrN2OS/c1-6(5-14)15-9-3-2-7(10(12)13)4-8(9)11/h2-4,6,14H,5H2,1H3,(H3,12,13). The minimum Gasteiger partial charge on any atom is -0.395 e. The Kier molecular flexibility index (Phi) is 4.63. The average Bonchev–Trinajstić information content (AvgIpc) is 2.20. The van der Waals surface area contributed by atoms with Crippen LogP contribution in [-0.4, -0.2) is 22.8 Å². The molecule has 0 fully saturated rings. The molecule has 0 aliphatic carbocycles. The molecule has 1 atom stereocenters. The van der Waals surface area contributed by atoms with Gasteiger partial charge in [0.05, 0.1) is 6.61 Å². The Balaban J connectivity index is 2.88. The molecule has 3 nitrogen and oxygen atoms in total. The average molecular weight is 289 g/mol. The van der Waals surface area contributed by atoms with Crippen molar-refractivity contribution in [2.45, 2.75) is 17.1 Å². The van der Waals surface area contributed by atoms with Gasteiger partial charge in [-0.3, -0.25) is 5.41 Å². The zero-order valence-corrected chi connectivity index (χ0v) is 10.7. The fourth-order valence-corrected chi connectivity index (χ4v) is 2.50. The van der Waals surface area contributed by atoms with Crippen LogP contribution in [0, 0.1) is 5.41 Å². The molecule has 0 aliphatic rings. The Labute approximate surface area is 102 Å². The molecule has 0 aromatic heterocycles. The van der Waals surface area contributed by atoms with Gasteiger partial charge in [0.2, 0.25) is 0 Å². The van der Waals surface area contributed by atoms with E-state index >= 15 is 0 Å². The maximum atomic E-state index is 8.94. The van der Waals surface area contributed by atoms with E-state index in [9.17, 15) is 0 Å². The molecular weight excluding hydrogens is 276 g/mol. The van der Waals surface area contributed by atoms with Crippen LogP contribution >= 0.6 is 27.7 Å². The second-order valence-corrected chi connectivity index (χ2v) is 5.50. The Morgan fingerprint density at radius 3 is 2.80 bits per heavy atom. The number of nitrogen functional groups attached to an aromatic ring is 1. The highest BCUT2D eigenvalue weighted by Gasteiger charge is 2.07. The van der Waals surface area contributed by atoms with Gasteiger partial charge in [0.25, 0.3) is 0 Å². The Bertz CT molecular complexity index is 370. The highest BCUT2D eigenvalue weighted by atomic mass is 79.9. The molecule has 0 saturated carbocycles. The predicted octanol–water partition coefficient (Wildman–Crippen LogP) is 2.21. The summed E-state index contributed by atoms with van der Waals surface area (Å²) in [6.07, 6.45) is 0. The number of nitrogens with one attached hydrogen (secondary N) is 1. The Morgan fingerprint density at radius 2 is 2.33 bits per heavy atom. The first-order valence-electron chi connectivity index (χ1n) is 4.46. The van der Waals surface area contributed by atoms with Crippen molar-refractivity contribution in [1.29, 1.82) is 5.41 Å². The number of aliphatic hydroxyl groups is 1. The highest BCUT2D eigenvalue weighted by Crippen LogP contribution is 2.31. The maximum Gasteiger partial charge on any atom is 0.122 e. The fourth-order valence-electron chi connectivity index (χ4n) is 1.02. The second kappa shape index (κ2) is 5.53. The minimum absolute atomic E-state index is 0.0578. The fraction of sp³-hybridized carbons (Fsp3) is 0.300. The topological polar surface area (TPSA) is 70.1 Å². The van der Waals surface area contributed by atoms with Gasteiger partial charge in [0, 0.05) is 20.2 Å². The molecular formula is C10H13BrN2OS. The van der Waals surface area contributed by atoms with E-state index in [4.69, 9.17) is 16.2 Å². The second-order valence-electron chi connectivity index (χ2n) is 3.17. The molecule has 0 bridgehead atoms. The molecule has 5 heteroatoms. The van der Waals surface area contributed by atoms with Crippen LogP contribution in [0.15, 0.2) is 27.6 Å². The zero-order chi connectivity index (χ0) is 11.4. The minimum atomic E-state index is 0.0578. The zero-order valence-electron chi connectivity index (χ0n) is 8.33. The van der Waals surface area contributed by atoms with Crippen molar-refractivity contribution < 1.29 is 5.11 Å². The lowest BCUT2D eigenvalue weighted by molar-refractivity contribution is 0.300. The van der Waals surface area contributed by atoms with Crippen molar-refractivity contribution in [3.05, 3.63) is 28.2 Å². The van der Waals surface area contributed by atoms with E-state index in [2.05, 4.69) is 15.9 Å². The summed E-state index contributed by atoms with van der Waals surface area (Å²) in [7, 11) is 0. The van der Waals surface area contributed by atoms with Crippen LogP contribution in [0.4, 0.5) is 0 Å². The molecule has 0 aliphatic heterocycles. The molecule has 0 heterocycles. The first-order valence-corrected chi connectivity index (χ1v) is 6.13. The highest BCUT2D eigenvalue weighted by molar-refractivity contribution is 9.10. The molecule has 1 aromatic rings. The van der Waals surface area contributed by atoms with Crippen molar-refractivity contribution in [2.24, 2.45) is 5.73 Å². The quantitative estimate of drug-likeness (QED) is 0.452. The van der Waals surface area contributed by atoms with Crippen LogP contribution < -0.4 is 5.73 Å². The lowest BCUT2D eigenvalue weighted by atomic mass is 10.2. The molecule has 1 unspecified atom stereocenters. The van der Waals surface area contributed by atoms with E-state index in [0.29, 0.717) is 5.56 Å². The summed E-state index contributed by atoms with van der Waals surface area (Å²) < 4.78 is 0.903. The third kappa shape index (κ3) is 3.52. The molecule has 15 heavy (non-hydrogen) atoms. The smallest absolute Gasteiger partial charge is 0.122 e. The first-order chi connectivity index (χ1) is 7.04. The van der Waals surface area contributed by atoms with Crippen molar-refractivity contribution in [2.75, 3.05) is 6.61 Å². The molecule has 0 spiro atoms. The third-order valence-corrected chi connectivity index (χ3v) is 3.91. The lowest BCUT2D eigenvalue weighted by Crippen LogP contribution is -2.11. The summed E-state index contributed by atoms with van der Waals surface area (Å²) >= 11 is 5.00. The normalized spacial score (nSPS) is 12.5. The Hall–Kier alpha value is -0.520. The SMILES string of the molecule is CC(CO)Sc1ccc(C(=N)N)cc1Br. The number of aliphatic hydroxyl groups excluding tert-OH is 1. The van der Waals surface area contributed by atoms with E-state index in [1.54, 1.807) is 17.8 Å². The van der Waals surface area contributed by atoms with Crippen molar-refractivity contribution >= 4 is 33.5 Å². The summed E-state index contributed by atoms with van der Waals surface area (Å²) in [6, 6.07) is 5.52. The number of hydrogen-bond acceptors (Lipinski definition) is 3. The van der Waals surface area contributed by atoms with Gasteiger partial charge in [0.15, 0.2) is 0 Å². The number of halogens is 1. The van der Waals surface area contributed by atoms with Gasteiger partial charge in [-0.05, 0) is 28.1 Å². The van der Waals surface area contributed by atoms with E-state index in [1.807, 2.05) is 19.1 Å². The Morgan fingerprint density at radius 1 is 1.67 bits per heavy atom.